The van der Waals surface area contributed by atoms with Crippen LogP contribution in [-0.2, 0) is 0 Å². The van der Waals surface area contributed by atoms with Gasteiger partial charge in [0.15, 0.2) is 5.96 Å². The van der Waals surface area contributed by atoms with Gasteiger partial charge in [-0.15, -0.1) is 0 Å². The van der Waals surface area contributed by atoms with Crippen molar-refractivity contribution in [1.82, 2.24) is 5.32 Å². The number of nitrogens with zero attached hydrogens (tertiary/aromatic N) is 1. The first-order chi connectivity index (χ1) is 9.65. The Labute approximate surface area is 121 Å². The van der Waals surface area contributed by atoms with Gasteiger partial charge in [0, 0.05) is 6.04 Å². The first kappa shape index (κ1) is 14.9. The smallest absolute Gasteiger partial charge is 0.188 e. The Morgan fingerprint density at radius 2 is 1.95 bits per heavy atom. The fourth-order valence-corrected chi connectivity index (χ4v) is 2.58. The van der Waals surface area contributed by atoms with Gasteiger partial charge in [-0.3, -0.25) is 4.99 Å². The standard InChI is InChI=1S/C16H25N3O/c1-12-7-9-13(10-8-12)15(20)11-18-16(17)19-14-5-3-2-4-6-14/h7-10,14-15,20H,2-6,11H2,1H3,(H3,17,18,19). The zero-order chi connectivity index (χ0) is 14.4. The lowest BCUT2D eigenvalue weighted by atomic mass is 9.96. The maximum Gasteiger partial charge on any atom is 0.188 e. The summed E-state index contributed by atoms with van der Waals surface area (Å²) in [7, 11) is 0. The van der Waals surface area contributed by atoms with E-state index in [0.29, 0.717) is 18.5 Å². The van der Waals surface area contributed by atoms with E-state index in [1.54, 1.807) is 0 Å². The summed E-state index contributed by atoms with van der Waals surface area (Å²) in [6.07, 6.45) is 5.57. The molecule has 0 aliphatic heterocycles. The third-order valence-corrected chi connectivity index (χ3v) is 3.85. The van der Waals surface area contributed by atoms with E-state index in [0.717, 1.165) is 18.4 Å². The number of aryl methyl sites for hydroxylation is 1. The fourth-order valence-electron chi connectivity index (χ4n) is 2.58. The predicted octanol–water partition coefficient (Wildman–Crippen LogP) is 2.27. The molecule has 0 spiro atoms. The highest BCUT2D eigenvalue weighted by Gasteiger charge is 2.13. The molecule has 20 heavy (non-hydrogen) atoms. The zero-order valence-corrected chi connectivity index (χ0v) is 12.2. The lowest BCUT2D eigenvalue weighted by Gasteiger charge is -2.23. The van der Waals surface area contributed by atoms with Crippen molar-refractivity contribution in [2.75, 3.05) is 6.54 Å². The average Bonchev–Trinajstić information content (AvgIpc) is 2.46. The van der Waals surface area contributed by atoms with Crippen LogP contribution in [0, 0.1) is 6.92 Å². The number of hydrogen-bond acceptors (Lipinski definition) is 2. The van der Waals surface area contributed by atoms with E-state index in [2.05, 4.69) is 10.3 Å². The van der Waals surface area contributed by atoms with Crippen molar-refractivity contribution < 1.29 is 5.11 Å². The summed E-state index contributed by atoms with van der Waals surface area (Å²) in [5, 5.41) is 13.3. The van der Waals surface area contributed by atoms with Crippen LogP contribution in [0.15, 0.2) is 29.3 Å². The molecule has 1 aromatic rings. The second-order valence-electron chi connectivity index (χ2n) is 5.63. The van der Waals surface area contributed by atoms with Crippen molar-refractivity contribution in [2.45, 2.75) is 51.2 Å². The molecule has 0 radical (unpaired) electrons. The van der Waals surface area contributed by atoms with Gasteiger partial charge in [-0.05, 0) is 25.3 Å². The van der Waals surface area contributed by atoms with Crippen molar-refractivity contribution in [3.05, 3.63) is 35.4 Å². The molecule has 0 amide bonds. The highest BCUT2D eigenvalue weighted by atomic mass is 16.3. The van der Waals surface area contributed by atoms with Crippen molar-refractivity contribution in [3.63, 3.8) is 0 Å². The minimum absolute atomic E-state index is 0.300. The molecule has 1 aromatic carbocycles. The molecule has 4 heteroatoms. The largest absolute Gasteiger partial charge is 0.386 e. The fraction of sp³-hybridized carbons (Fsp3) is 0.562. The summed E-state index contributed by atoms with van der Waals surface area (Å²) in [6.45, 7) is 2.33. The number of guanidine groups is 1. The summed E-state index contributed by atoms with van der Waals surface area (Å²) >= 11 is 0. The third kappa shape index (κ3) is 4.53. The Hall–Kier alpha value is -1.55. The molecular formula is C16H25N3O. The van der Waals surface area contributed by atoms with Crippen LogP contribution in [0.25, 0.3) is 0 Å². The highest BCUT2D eigenvalue weighted by molar-refractivity contribution is 5.78. The van der Waals surface area contributed by atoms with E-state index in [-0.39, 0.29) is 0 Å². The second kappa shape index (κ2) is 7.29. The zero-order valence-electron chi connectivity index (χ0n) is 12.2. The van der Waals surface area contributed by atoms with E-state index in [9.17, 15) is 5.11 Å². The molecule has 1 aliphatic carbocycles. The van der Waals surface area contributed by atoms with Gasteiger partial charge in [-0.25, -0.2) is 0 Å². The Balaban J connectivity index is 1.82. The van der Waals surface area contributed by atoms with E-state index < -0.39 is 6.10 Å². The highest BCUT2D eigenvalue weighted by Crippen LogP contribution is 2.17. The maximum atomic E-state index is 10.1. The molecule has 1 atom stereocenters. The van der Waals surface area contributed by atoms with Crippen LogP contribution in [0.1, 0.15) is 49.3 Å². The van der Waals surface area contributed by atoms with E-state index >= 15 is 0 Å². The molecule has 0 bridgehead atoms. The lowest BCUT2D eigenvalue weighted by molar-refractivity contribution is 0.187. The number of nitrogens with two attached hydrogens (primary N) is 1. The van der Waals surface area contributed by atoms with E-state index in [1.807, 2.05) is 31.2 Å². The molecule has 4 N–H and O–H groups in total. The minimum Gasteiger partial charge on any atom is -0.386 e. The van der Waals surface area contributed by atoms with Gasteiger partial charge in [0.25, 0.3) is 0 Å². The molecule has 1 saturated carbocycles. The SMILES string of the molecule is Cc1ccc(C(O)CN=C(N)NC2CCCCC2)cc1. The minimum atomic E-state index is -0.595. The van der Waals surface area contributed by atoms with Crippen LogP contribution in [0.3, 0.4) is 0 Å². The molecule has 110 valence electrons. The van der Waals surface area contributed by atoms with Crippen LogP contribution in [0.4, 0.5) is 0 Å². The topological polar surface area (TPSA) is 70.6 Å². The number of rotatable bonds is 4. The van der Waals surface area contributed by atoms with Gasteiger partial charge in [-0.2, -0.15) is 0 Å². The molecule has 1 fully saturated rings. The van der Waals surface area contributed by atoms with Gasteiger partial charge >= 0.3 is 0 Å². The average molecular weight is 275 g/mol. The molecule has 4 nitrogen and oxygen atoms in total. The number of hydrogen-bond donors (Lipinski definition) is 3. The third-order valence-electron chi connectivity index (χ3n) is 3.85. The molecule has 0 saturated heterocycles. The molecule has 2 rings (SSSR count). The van der Waals surface area contributed by atoms with Crippen molar-refractivity contribution in [2.24, 2.45) is 10.7 Å². The van der Waals surface area contributed by atoms with Crippen LogP contribution in [0.5, 0.6) is 0 Å². The van der Waals surface area contributed by atoms with Gasteiger partial charge in [-0.1, -0.05) is 49.1 Å². The first-order valence-electron chi connectivity index (χ1n) is 7.46. The number of aliphatic hydroxyl groups is 1. The lowest BCUT2D eigenvalue weighted by Crippen LogP contribution is -2.41. The van der Waals surface area contributed by atoms with Crippen LogP contribution in [-0.4, -0.2) is 23.7 Å². The Kier molecular flexibility index (Phi) is 5.41. The Morgan fingerprint density at radius 3 is 2.60 bits per heavy atom. The van der Waals surface area contributed by atoms with Gasteiger partial charge < -0.3 is 16.2 Å². The van der Waals surface area contributed by atoms with E-state index in [1.165, 1.54) is 24.8 Å². The summed E-state index contributed by atoms with van der Waals surface area (Å²) in [5.41, 5.74) is 7.95. The second-order valence-corrected chi connectivity index (χ2v) is 5.63. The molecule has 1 unspecified atom stereocenters. The number of benzene rings is 1. The predicted molar refractivity (Wildman–Crippen MR) is 82.6 cm³/mol. The number of aliphatic hydroxyl groups excluding tert-OH is 1. The summed E-state index contributed by atoms with van der Waals surface area (Å²) in [5.74, 6) is 0.447. The van der Waals surface area contributed by atoms with Crippen molar-refractivity contribution in [1.29, 1.82) is 0 Å². The van der Waals surface area contributed by atoms with Crippen molar-refractivity contribution >= 4 is 5.96 Å². The summed E-state index contributed by atoms with van der Waals surface area (Å²) in [6, 6.07) is 8.29. The summed E-state index contributed by atoms with van der Waals surface area (Å²) in [4.78, 5) is 4.25. The maximum absolute atomic E-state index is 10.1. The van der Waals surface area contributed by atoms with Gasteiger partial charge in [0.05, 0.1) is 12.6 Å². The van der Waals surface area contributed by atoms with Gasteiger partial charge in [0.1, 0.15) is 0 Å². The molecule has 1 aliphatic rings. The quantitative estimate of drug-likeness (QED) is 0.583. The Bertz CT molecular complexity index is 436. The monoisotopic (exact) mass is 275 g/mol. The normalized spacial score (nSPS) is 18.8. The van der Waals surface area contributed by atoms with Crippen LogP contribution < -0.4 is 11.1 Å². The number of nitrogens with one attached hydrogen (secondary N) is 1. The Morgan fingerprint density at radius 1 is 1.30 bits per heavy atom. The van der Waals surface area contributed by atoms with Crippen LogP contribution in [0.2, 0.25) is 0 Å². The molecule has 0 heterocycles. The van der Waals surface area contributed by atoms with E-state index in [4.69, 9.17) is 5.73 Å². The van der Waals surface area contributed by atoms with Crippen molar-refractivity contribution in [3.8, 4) is 0 Å². The number of aliphatic imine (C=N–C) groups is 1. The van der Waals surface area contributed by atoms with Crippen LogP contribution >= 0.6 is 0 Å². The molecule has 0 aromatic heterocycles. The molecular weight excluding hydrogens is 250 g/mol. The van der Waals surface area contributed by atoms with Gasteiger partial charge in [0.2, 0.25) is 0 Å². The summed E-state index contributed by atoms with van der Waals surface area (Å²) < 4.78 is 0. The first-order valence-corrected chi connectivity index (χ1v) is 7.46.